The summed E-state index contributed by atoms with van der Waals surface area (Å²) in [6.07, 6.45) is 3.83. The molecular formula is C18H22ClNO. The van der Waals surface area contributed by atoms with E-state index in [9.17, 15) is 0 Å². The molecule has 1 aliphatic rings. The summed E-state index contributed by atoms with van der Waals surface area (Å²) in [5.41, 5.74) is 1.84. The molecule has 3 rings (SSSR count). The number of para-hydroxylation sites is 1. The quantitative estimate of drug-likeness (QED) is 0.729. The molecular weight excluding hydrogens is 282 g/mol. The van der Waals surface area contributed by atoms with Crippen molar-refractivity contribution in [3.8, 4) is 5.75 Å². The van der Waals surface area contributed by atoms with E-state index in [0.29, 0.717) is 12.0 Å². The third-order valence-electron chi connectivity index (χ3n) is 4.71. The number of alkyl halides is 1. The van der Waals surface area contributed by atoms with Crippen molar-refractivity contribution in [1.29, 1.82) is 0 Å². The molecule has 1 aromatic heterocycles. The summed E-state index contributed by atoms with van der Waals surface area (Å²) in [5.74, 6) is 2.88. The van der Waals surface area contributed by atoms with Crippen LogP contribution in [0.1, 0.15) is 38.8 Å². The van der Waals surface area contributed by atoms with Crippen LogP contribution in [0.2, 0.25) is 0 Å². The van der Waals surface area contributed by atoms with Crippen LogP contribution in [-0.4, -0.2) is 11.1 Å². The molecule has 0 bridgehead atoms. The second-order valence-electron chi connectivity index (χ2n) is 6.27. The fourth-order valence-electron chi connectivity index (χ4n) is 3.15. The molecule has 1 heterocycles. The Balaban J connectivity index is 1.89. The lowest BCUT2D eigenvalue weighted by Crippen LogP contribution is -2.28. The van der Waals surface area contributed by atoms with Crippen LogP contribution in [0.25, 0.3) is 10.9 Å². The van der Waals surface area contributed by atoms with E-state index in [0.717, 1.165) is 47.0 Å². The van der Waals surface area contributed by atoms with Gasteiger partial charge in [-0.1, -0.05) is 26.0 Å². The summed E-state index contributed by atoms with van der Waals surface area (Å²) in [5, 5.41) is 1.08. The van der Waals surface area contributed by atoms with Crippen LogP contribution in [0, 0.1) is 11.8 Å². The van der Waals surface area contributed by atoms with Gasteiger partial charge in [0.05, 0.1) is 23.2 Å². The number of benzene rings is 1. The average Bonchev–Trinajstić information content (AvgIpc) is 2.51. The molecule has 0 N–H and O–H groups in total. The fourth-order valence-corrected chi connectivity index (χ4v) is 3.28. The molecule has 0 radical (unpaired) electrons. The van der Waals surface area contributed by atoms with E-state index in [4.69, 9.17) is 16.3 Å². The highest BCUT2D eigenvalue weighted by molar-refractivity contribution is 6.17. The molecule has 1 fully saturated rings. The summed E-state index contributed by atoms with van der Waals surface area (Å²) in [4.78, 5) is 4.56. The Morgan fingerprint density at radius 2 is 2.00 bits per heavy atom. The Bertz CT molecular complexity index is 628. The van der Waals surface area contributed by atoms with E-state index < -0.39 is 0 Å². The van der Waals surface area contributed by atoms with Crippen molar-refractivity contribution in [3.05, 3.63) is 36.0 Å². The van der Waals surface area contributed by atoms with E-state index >= 15 is 0 Å². The van der Waals surface area contributed by atoms with Gasteiger partial charge in [0.1, 0.15) is 5.75 Å². The highest BCUT2D eigenvalue weighted by atomic mass is 35.5. The zero-order valence-corrected chi connectivity index (χ0v) is 13.4. The Morgan fingerprint density at radius 1 is 1.19 bits per heavy atom. The summed E-state index contributed by atoms with van der Waals surface area (Å²) >= 11 is 5.97. The second-order valence-corrected chi connectivity index (χ2v) is 6.54. The standard InChI is InChI=1S/C18H22ClNO/c1-12-7-8-15(9-13(12)2)21-18-10-14(11-19)20-17-6-4-3-5-16(17)18/h3-6,10,12-13,15H,7-9,11H2,1-2H3. The van der Waals surface area contributed by atoms with Crippen LogP contribution in [0.3, 0.4) is 0 Å². The first-order valence-corrected chi connectivity index (χ1v) is 8.32. The minimum absolute atomic E-state index is 0.310. The molecule has 1 aromatic carbocycles. The molecule has 3 unspecified atom stereocenters. The molecule has 0 spiro atoms. The predicted octanol–water partition coefficient (Wildman–Crippen LogP) is 5.18. The van der Waals surface area contributed by atoms with Crippen molar-refractivity contribution < 1.29 is 4.74 Å². The van der Waals surface area contributed by atoms with Crippen LogP contribution in [0.5, 0.6) is 5.75 Å². The van der Waals surface area contributed by atoms with Crippen molar-refractivity contribution in [3.63, 3.8) is 0 Å². The molecule has 0 saturated heterocycles. The van der Waals surface area contributed by atoms with Gasteiger partial charge in [-0.2, -0.15) is 0 Å². The summed E-state index contributed by atoms with van der Waals surface area (Å²) in [7, 11) is 0. The molecule has 0 amide bonds. The van der Waals surface area contributed by atoms with Crippen LogP contribution < -0.4 is 4.74 Å². The maximum Gasteiger partial charge on any atom is 0.130 e. The number of fused-ring (bicyclic) bond motifs is 1. The van der Waals surface area contributed by atoms with Crippen molar-refractivity contribution in [2.45, 2.75) is 45.1 Å². The lowest BCUT2D eigenvalue weighted by Gasteiger charge is -2.32. The zero-order valence-electron chi connectivity index (χ0n) is 12.7. The molecule has 0 aliphatic heterocycles. The van der Waals surface area contributed by atoms with Gasteiger partial charge in [0.2, 0.25) is 0 Å². The smallest absolute Gasteiger partial charge is 0.130 e. The first-order valence-electron chi connectivity index (χ1n) is 7.78. The highest BCUT2D eigenvalue weighted by Gasteiger charge is 2.26. The third-order valence-corrected chi connectivity index (χ3v) is 4.99. The van der Waals surface area contributed by atoms with Crippen molar-refractivity contribution in [2.24, 2.45) is 11.8 Å². The molecule has 112 valence electrons. The maximum absolute atomic E-state index is 6.33. The van der Waals surface area contributed by atoms with Crippen LogP contribution >= 0.6 is 11.6 Å². The summed E-state index contributed by atoms with van der Waals surface area (Å²) < 4.78 is 6.33. The van der Waals surface area contributed by atoms with E-state index in [-0.39, 0.29) is 0 Å². The summed E-state index contributed by atoms with van der Waals surface area (Å²) in [6.45, 7) is 4.67. The Labute approximate surface area is 131 Å². The number of pyridine rings is 1. The number of ether oxygens (including phenoxy) is 1. The Morgan fingerprint density at radius 3 is 2.76 bits per heavy atom. The molecule has 2 nitrogen and oxygen atoms in total. The van der Waals surface area contributed by atoms with Crippen molar-refractivity contribution >= 4 is 22.5 Å². The topological polar surface area (TPSA) is 22.1 Å². The molecule has 1 aliphatic carbocycles. The SMILES string of the molecule is CC1CCC(Oc2cc(CCl)nc3ccccc23)CC1C. The first-order chi connectivity index (χ1) is 10.2. The van der Waals surface area contributed by atoms with Gasteiger partial charge in [0.25, 0.3) is 0 Å². The number of halogens is 1. The number of hydrogen-bond acceptors (Lipinski definition) is 2. The maximum atomic E-state index is 6.33. The molecule has 21 heavy (non-hydrogen) atoms. The van der Waals surface area contributed by atoms with Gasteiger partial charge in [-0.05, 0) is 43.2 Å². The normalized spacial score (nSPS) is 26.0. The fraction of sp³-hybridized carbons (Fsp3) is 0.500. The Kier molecular flexibility index (Phi) is 4.34. The van der Waals surface area contributed by atoms with Gasteiger partial charge in [-0.25, -0.2) is 0 Å². The highest BCUT2D eigenvalue weighted by Crippen LogP contribution is 2.34. The molecule has 3 atom stereocenters. The van der Waals surface area contributed by atoms with E-state index in [1.54, 1.807) is 0 Å². The van der Waals surface area contributed by atoms with Gasteiger partial charge in [0, 0.05) is 11.5 Å². The zero-order chi connectivity index (χ0) is 14.8. The van der Waals surface area contributed by atoms with Gasteiger partial charge in [0.15, 0.2) is 0 Å². The second kappa shape index (κ2) is 6.23. The van der Waals surface area contributed by atoms with E-state index in [2.05, 4.69) is 24.9 Å². The van der Waals surface area contributed by atoms with Gasteiger partial charge in [-0.3, -0.25) is 4.98 Å². The largest absolute Gasteiger partial charge is 0.490 e. The Hall–Kier alpha value is -1.28. The van der Waals surface area contributed by atoms with Crippen LogP contribution in [0.15, 0.2) is 30.3 Å². The first kappa shape index (κ1) is 14.6. The number of aromatic nitrogens is 1. The third kappa shape index (κ3) is 3.16. The molecule has 2 aromatic rings. The van der Waals surface area contributed by atoms with Gasteiger partial charge < -0.3 is 4.74 Å². The monoisotopic (exact) mass is 303 g/mol. The number of nitrogens with zero attached hydrogens (tertiary/aromatic N) is 1. The van der Waals surface area contributed by atoms with Gasteiger partial charge >= 0.3 is 0 Å². The predicted molar refractivity (Wildman–Crippen MR) is 87.9 cm³/mol. The lowest BCUT2D eigenvalue weighted by molar-refractivity contribution is 0.102. The minimum atomic E-state index is 0.310. The minimum Gasteiger partial charge on any atom is -0.490 e. The van der Waals surface area contributed by atoms with Crippen LogP contribution in [-0.2, 0) is 5.88 Å². The molecule has 3 heteroatoms. The van der Waals surface area contributed by atoms with E-state index in [1.165, 1.54) is 6.42 Å². The van der Waals surface area contributed by atoms with Crippen molar-refractivity contribution in [2.75, 3.05) is 0 Å². The lowest BCUT2D eigenvalue weighted by atomic mass is 9.80. The number of hydrogen-bond donors (Lipinski definition) is 0. The van der Waals surface area contributed by atoms with E-state index in [1.807, 2.05) is 24.3 Å². The summed E-state index contributed by atoms with van der Waals surface area (Å²) in [6, 6.07) is 10.1. The number of rotatable bonds is 3. The van der Waals surface area contributed by atoms with Gasteiger partial charge in [-0.15, -0.1) is 11.6 Å². The molecule has 1 saturated carbocycles. The van der Waals surface area contributed by atoms with Crippen molar-refractivity contribution in [1.82, 2.24) is 4.98 Å². The van der Waals surface area contributed by atoms with Crippen LogP contribution in [0.4, 0.5) is 0 Å². The average molecular weight is 304 g/mol.